The van der Waals surface area contributed by atoms with Gasteiger partial charge >= 0.3 is 0 Å². The first-order chi connectivity index (χ1) is 10.1. The molecule has 0 aliphatic carbocycles. The van der Waals surface area contributed by atoms with Crippen LogP contribution in [0, 0.1) is 0 Å². The van der Waals surface area contributed by atoms with E-state index in [0.717, 1.165) is 37.5 Å². The molecule has 2 aliphatic heterocycles. The minimum Gasteiger partial charge on any atom is -0.341 e. The molecule has 1 aromatic heterocycles. The topological polar surface area (TPSA) is 71.3 Å². The molecule has 0 spiro atoms. The predicted molar refractivity (Wildman–Crippen MR) is 75.3 cm³/mol. The molecule has 0 bridgehead atoms. The van der Waals surface area contributed by atoms with Crippen LogP contribution >= 0.6 is 0 Å². The molecule has 1 unspecified atom stereocenters. The molecule has 1 fully saturated rings. The van der Waals surface area contributed by atoms with Gasteiger partial charge in [0.25, 0.3) is 0 Å². The summed E-state index contributed by atoms with van der Waals surface area (Å²) in [6, 6.07) is 0.0348. The minimum absolute atomic E-state index is 0.0348. The lowest BCUT2D eigenvalue weighted by molar-refractivity contribution is -0.130. The molecule has 2 amide bonds. The van der Waals surface area contributed by atoms with Crippen molar-refractivity contribution in [3.05, 3.63) is 11.6 Å². The Morgan fingerprint density at radius 1 is 1.05 bits per heavy atom. The van der Waals surface area contributed by atoms with E-state index in [9.17, 15) is 9.59 Å². The lowest BCUT2D eigenvalue weighted by Gasteiger charge is -2.23. The van der Waals surface area contributed by atoms with E-state index < -0.39 is 0 Å². The van der Waals surface area contributed by atoms with Crippen molar-refractivity contribution in [1.82, 2.24) is 24.6 Å². The molecular weight excluding hydrogens is 270 g/mol. The second-order valence-electron chi connectivity index (χ2n) is 5.75. The summed E-state index contributed by atoms with van der Waals surface area (Å²) >= 11 is 0. The molecule has 1 atom stereocenters. The lowest BCUT2D eigenvalue weighted by Crippen LogP contribution is -2.32. The highest BCUT2D eigenvalue weighted by molar-refractivity contribution is 5.74. The van der Waals surface area contributed by atoms with Crippen molar-refractivity contribution in [2.75, 3.05) is 19.6 Å². The van der Waals surface area contributed by atoms with Gasteiger partial charge in [-0.2, -0.15) is 0 Å². The summed E-state index contributed by atoms with van der Waals surface area (Å²) in [5.41, 5.74) is 0. The van der Waals surface area contributed by atoms with Crippen LogP contribution in [-0.4, -0.2) is 56.0 Å². The Morgan fingerprint density at radius 2 is 1.86 bits per heavy atom. The van der Waals surface area contributed by atoms with Gasteiger partial charge in [-0.25, -0.2) is 0 Å². The van der Waals surface area contributed by atoms with Gasteiger partial charge in [-0.15, -0.1) is 10.2 Å². The van der Waals surface area contributed by atoms with Crippen LogP contribution in [0.2, 0.25) is 0 Å². The lowest BCUT2D eigenvalue weighted by atomic mass is 10.2. The highest BCUT2D eigenvalue weighted by Gasteiger charge is 2.33. The first-order valence-electron chi connectivity index (χ1n) is 7.52. The van der Waals surface area contributed by atoms with E-state index in [0.29, 0.717) is 19.6 Å². The van der Waals surface area contributed by atoms with Crippen LogP contribution in [0.4, 0.5) is 0 Å². The van der Waals surface area contributed by atoms with Gasteiger partial charge in [-0.1, -0.05) is 0 Å². The monoisotopic (exact) mass is 291 g/mol. The van der Waals surface area contributed by atoms with Gasteiger partial charge in [0.2, 0.25) is 11.8 Å². The van der Waals surface area contributed by atoms with Gasteiger partial charge in [0, 0.05) is 46.4 Å². The molecule has 21 heavy (non-hydrogen) atoms. The third-order valence-corrected chi connectivity index (χ3v) is 4.46. The van der Waals surface area contributed by atoms with Crippen LogP contribution in [-0.2, 0) is 22.6 Å². The first kappa shape index (κ1) is 14.0. The Hall–Kier alpha value is -1.92. The number of nitrogens with zero attached hydrogens (tertiary/aromatic N) is 5. The number of hydrogen-bond donors (Lipinski definition) is 0. The van der Waals surface area contributed by atoms with Crippen molar-refractivity contribution in [3.63, 3.8) is 0 Å². The molecule has 114 valence electrons. The normalized spacial score (nSPS) is 22.1. The summed E-state index contributed by atoms with van der Waals surface area (Å²) in [4.78, 5) is 27.0. The maximum atomic E-state index is 11.7. The van der Waals surface area contributed by atoms with E-state index in [2.05, 4.69) is 14.8 Å². The fraction of sp³-hybridized carbons (Fsp3) is 0.714. The molecule has 7 heteroatoms. The Labute approximate surface area is 123 Å². The summed E-state index contributed by atoms with van der Waals surface area (Å²) in [6.07, 6.45) is 2.67. The van der Waals surface area contributed by atoms with E-state index in [1.54, 1.807) is 13.8 Å². The molecule has 0 radical (unpaired) electrons. The van der Waals surface area contributed by atoms with E-state index in [4.69, 9.17) is 0 Å². The summed E-state index contributed by atoms with van der Waals surface area (Å²) in [5, 5.41) is 8.63. The van der Waals surface area contributed by atoms with Crippen molar-refractivity contribution in [2.24, 2.45) is 0 Å². The van der Waals surface area contributed by atoms with Crippen LogP contribution in [0.1, 0.15) is 44.4 Å². The van der Waals surface area contributed by atoms with Crippen LogP contribution in [0.5, 0.6) is 0 Å². The van der Waals surface area contributed by atoms with Gasteiger partial charge in [0.05, 0.1) is 6.04 Å². The molecule has 1 saturated heterocycles. The molecule has 1 aromatic rings. The fourth-order valence-electron chi connectivity index (χ4n) is 3.32. The number of rotatable bonds is 1. The van der Waals surface area contributed by atoms with Gasteiger partial charge in [0.1, 0.15) is 5.82 Å². The number of fused-ring (bicyclic) bond motifs is 1. The van der Waals surface area contributed by atoms with E-state index in [1.807, 2.05) is 9.80 Å². The fourth-order valence-corrected chi connectivity index (χ4v) is 3.32. The van der Waals surface area contributed by atoms with Crippen LogP contribution in [0.25, 0.3) is 0 Å². The van der Waals surface area contributed by atoms with Crippen LogP contribution in [0.15, 0.2) is 0 Å². The predicted octanol–water partition coefficient (Wildman–Crippen LogP) is 0.366. The standard InChI is InChI=1S/C14H21N5O2/c1-10(20)17-7-5-13-15-16-14(19(13)9-8-17)12-4-3-6-18(12)11(2)21/h12H,3-9H2,1-2H3. The zero-order chi connectivity index (χ0) is 15.0. The second-order valence-corrected chi connectivity index (χ2v) is 5.75. The first-order valence-corrected chi connectivity index (χ1v) is 7.52. The average Bonchev–Trinajstić information content (AvgIpc) is 3.00. The van der Waals surface area contributed by atoms with Gasteiger partial charge < -0.3 is 14.4 Å². The van der Waals surface area contributed by atoms with Crippen molar-refractivity contribution < 1.29 is 9.59 Å². The van der Waals surface area contributed by atoms with Gasteiger partial charge in [0.15, 0.2) is 5.82 Å². The SMILES string of the molecule is CC(=O)N1CCc2nnc(C3CCCN3C(C)=O)n2CC1. The molecule has 7 nitrogen and oxygen atoms in total. The van der Waals surface area contributed by atoms with Crippen molar-refractivity contribution in [1.29, 1.82) is 0 Å². The maximum Gasteiger partial charge on any atom is 0.220 e. The van der Waals surface area contributed by atoms with Gasteiger partial charge in [-0.05, 0) is 12.8 Å². The minimum atomic E-state index is 0.0348. The summed E-state index contributed by atoms with van der Waals surface area (Å²) in [6.45, 7) is 6.08. The summed E-state index contributed by atoms with van der Waals surface area (Å²) < 4.78 is 2.11. The molecule has 3 rings (SSSR count). The van der Waals surface area contributed by atoms with Gasteiger partial charge in [-0.3, -0.25) is 9.59 Å². The van der Waals surface area contributed by atoms with Crippen molar-refractivity contribution >= 4 is 11.8 Å². The highest BCUT2D eigenvalue weighted by Crippen LogP contribution is 2.31. The Bertz CT molecular complexity index is 568. The summed E-state index contributed by atoms with van der Waals surface area (Å²) in [7, 11) is 0. The van der Waals surface area contributed by atoms with E-state index >= 15 is 0 Å². The zero-order valence-corrected chi connectivity index (χ0v) is 12.6. The second kappa shape index (κ2) is 5.46. The number of likely N-dealkylation sites (tertiary alicyclic amines) is 1. The molecular formula is C14H21N5O2. The summed E-state index contributed by atoms with van der Waals surface area (Å²) in [5.74, 6) is 1.99. The van der Waals surface area contributed by atoms with Crippen LogP contribution < -0.4 is 0 Å². The number of carbonyl (C=O) groups is 2. The highest BCUT2D eigenvalue weighted by atomic mass is 16.2. The van der Waals surface area contributed by atoms with Crippen LogP contribution in [0.3, 0.4) is 0 Å². The number of hydrogen-bond acceptors (Lipinski definition) is 4. The molecule has 0 aromatic carbocycles. The molecule has 0 N–H and O–H groups in total. The van der Waals surface area contributed by atoms with Crippen molar-refractivity contribution in [3.8, 4) is 0 Å². The average molecular weight is 291 g/mol. The third-order valence-electron chi connectivity index (χ3n) is 4.46. The molecule has 2 aliphatic rings. The number of amides is 2. The maximum absolute atomic E-state index is 11.7. The third kappa shape index (κ3) is 2.52. The quantitative estimate of drug-likeness (QED) is 0.749. The molecule has 0 saturated carbocycles. The smallest absolute Gasteiger partial charge is 0.220 e. The van der Waals surface area contributed by atoms with E-state index in [-0.39, 0.29) is 17.9 Å². The Morgan fingerprint density at radius 3 is 2.57 bits per heavy atom. The van der Waals surface area contributed by atoms with E-state index in [1.165, 1.54) is 0 Å². The number of aromatic nitrogens is 3. The number of carbonyl (C=O) groups excluding carboxylic acids is 2. The zero-order valence-electron chi connectivity index (χ0n) is 12.6. The van der Waals surface area contributed by atoms with Crippen molar-refractivity contribution in [2.45, 2.75) is 45.7 Å². The molecule has 3 heterocycles. The Kier molecular flexibility index (Phi) is 3.65. The Balaban J connectivity index is 1.85. The largest absolute Gasteiger partial charge is 0.341 e.